The highest BCUT2D eigenvalue weighted by Crippen LogP contribution is 2.39. The first-order chi connectivity index (χ1) is 47.4. The minimum atomic E-state index is -1.47. The molecule has 5 aromatic rings. The van der Waals surface area contributed by atoms with E-state index < -0.39 is 139 Å². The number of hydrogen-bond acceptors (Lipinski definition) is 19. The smallest absolute Gasteiger partial charge is 0.407 e. The van der Waals surface area contributed by atoms with Crippen molar-refractivity contribution < 1.29 is 90.5 Å². The summed E-state index contributed by atoms with van der Waals surface area (Å²) in [6, 6.07) is 39.9. The minimum Gasteiger partial charge on any atom is -0.471 e. The Labute approximate surface area is 569 Å². The zero-order valence-electron chi connectivity index (χ0n) is 55.6. The van der Waals surface area contributed by atoms with Gasteiger partial charge in [0.2, 0.25) is 41.7 Å². The van der Waals surface area contributed by atoms with Gasteiger partial charge in [-0.3, -0.25) is 28.8 Å². The Morgan fingerprint density at radius 2 is 1.17 bits per heavy atom. The number of alkyl carbamates (subject to hydrolysis) is 1. The second kappa shape index (κ2) is 38.7. The van der Waals surface area contributed by atoms with Gasteiger partial charge in [0.05, 0.1) is 32.7 Å². The van der Waals surface area contributed by atoms with Crippen molar-refractivity contribution in [3.05, 3.63) is 192 Å². The van der Waals surface area contributed by atoms with Gasteiger partial charge in [0, 0.05) is 32.4 Å². The first-order valence-corrected chi connectivity index (χ1v) is 32.8. The average Bonchev–Trinajstić information content (AvgIpc) is 0.762. The van der Waals surface area contributed by atoms with Gasteiger partial charge in [-0.2, -0.15) is 0 Å². The molecule has 526 valence electrons. The molecule has 0 radical (unpaired) electrons. The van der Waals surface area contributed by atoms with Gasteiger partial charge in [-0.25, -0.2) is 9.59 Å². The van der Waals surface area contributed by atoms with Crippen molar-refractivity contribution in [2.24, 2.45) is 5.73 Å². The molecule has 26 nitrogen and oxygen atoms in total. The Hall–Kier alpha value is -9.12. The van der Waals surface area contributed by atoms with E-state index in [4.69, 9.17) is 57.8 Å². The third-order valence-corrected chi connectivity index (χ3v) is 16.2. The minimum absolute atomic E-state index is 0.00764. The molecular formula is C72H89N7O19. The van der Waals surface area contributed by atoms with Crippen molar-refractivity contribution in [2.75, 3.05) is 19.8 Å². The lowest BCUT2D eigenvalue weighted by atomic mass is 9.93. The van der Waals surface area contributed by atoms with Gasteiger partial charge in [0.1, 0.15) is 86.2 Å². The SMILES string of the molecule is C/C=C/O[C@H]1O[C@H](COCc2ccccc2)[C@@H](O[C@@H]2O[C@@H]3CO[C@@H](c4ccccc4)O[C@H]3[C@H](OCc3ccccc3)[C@H]2NC(C)=O)[C@H](O[C@H](C)C(=O)N[C@@H](C)C(=O)N[C@H](CCC(=O)N[C@@H](CCCCNC(=O)OCc2ccccc2)C(=O)OCc2ccccc2)C(N)=O)[C@H]1NC(C)=O. The largest absolute Gasteiger partial charge is 0.471 e. The molecule has 7 amide bonds. The summed E-state index contributed by atoms with van der Waals surface area (Å²) >= 11 is 0. The maximum Gasteiger partial charge on any atom is 0.407 e. The lowest BCUT2D eigenvalue weighted by Gasteiger charge is -2.52. The number of fused-ring (bicyclic) bond motifs is 1. The van der Waals surface area contributed by atoms with Gasteiger partial charge >= 0.3 is 12.1 Å². The zero-order valence-corrected chi connectivity index (χ0v) is 55.6. The van der Waals surface area contributed by atoms with Crippen LogP contribution >= 0.6 is 0 Å². The number of rotatable bonds is 35. The number of primary amides is 1. The van der Waals surface area contributed by atoms with Crippen molar-refractivity contribution >= 4 is 47.5 Å². The molecular weight excluding hydrogens is 1270 g/mol. The number of hydrogen-bond donors (Lipinski definition) is 7. The highest BCUT2D eigenvalue weighted by molar-refractivity contribution is 5.92. The number of benzene rings is 5. The number of ether oxygens (including phenoxy) is 11. The molecule has 15 atom stereocenters. The molecule has 26 heteroatoms. The van der Waals surface area contributed by atoms with Crippen LogP contribution < -0.4 is 37.6 Å². The molecule has 3 aliphatic rings. The Morgan fingerprint density at radius 1 is 0.602 bits per heavy atom. The quantitative estimate of drug-likeness (QED) is 0.0146. The third kappa shape index (κ3) is 23.3. The van der Waals surface area contributed by atoms with Crippen LogP contribution in [-0.4, -0.2) is 153 Å². The van der Waals surface area contributed by atoms with Crippen LogP contribution in [0.15, 0.2) is 164 Å². The molecule has 0 bridgehead atoms. The molecule has 5 aromatic carbocycles. The number of unbranched alkanes of at least 4 members (excludes halogenated alkanes) is 1. The molecule has 0 saturated carbocycles. The number of carbonyl (C=O) groups excluding carboxylic acids is 8. The van der Waals surface area contributed by atoms with E-state index in [9.17, 15) is 38.4 Å². The second-order valence-electron chi connectivity index (χ2n) is 23.9. The summed E-state index contributed by atoms with van der Waals surface area (Å²) in [5.41, 5.74) is 9.71. The molecule has 3 fully saturated rings. The summed E-state index contributed by atoms with van der Waals surface area (Å²) in [7, 11) is 0. The van der Waals surface area contributed by atoms with E-state index in [0.717, 1.165) is 27.8 Å². The molecule has 3 saturated heterocycles. The van der Waals surface area contributed by atoms with Crippen LogP contribution in [-0.2, 0) is 112 Å². The van der Waals surface area contributed by atoms with Crippen LogP contribution in [0, 0.1) is 0 Å². The van der Waals surface area contributed by atoms with Crippen molar-refractivity contribution in [1.82, 2.24) is 31.9 Å². The molecule has 98 heavy (non-hydrogen) atoms. The number of amides is 7. The van der Waals surface area contributed by atoms with Gasteiger partial charge in [-0.15, -0.1) is 0 Å². The Balaban J connectivity index is 0.968. The van der Waals surface area contributed by atoms with E-state index in [1.54, 1.807) is 37.3 Å². The molecule has 0 aliphatic carbocycles. The van der Waals surface area contributed by atoms with E-state index in [0.29, 0.717) is 12.8 Å². The molecule has 3 heterocycles. The molecule has 0 unspecified atom stereocenters. The Morgan fingerprint density at radius 3 is 1.77 bits per heavy atom. The first kappa shape index (κ1) is 74.7. The van der Waals surface area contributed by atoms with E-state index in [-0.39, 0.29) is 65.4 Å². The fourth-order valence-electron chi connectivity index (χ4n) is 11.2. The normalized spacial score (nSPS) is 23.2. The van der Waals surface area contributed by atoms with Gasteiger partial charge in [0.15, 0.2) is 12.6 Å². The van der Waals surface area contributed by atoms with E-state index in [2.05, 4.69) is 31.9 Å². The van der Waals surface area contributed by atoms with Crippen LogP contribution in [0.2, 0.25) is 0 Å². The van der Waals surface area contributed by atoms with Gasteiger partial charge < -0.3 is 89.7 Å². The van der Waals surface area contributed by atoms with Crippen molar-refractivity contribution in [3.8, 4) is 0 Å². The van der Waals surface area contributed by atoms with E-state index >= 15 is 0 Å². The number of carbonyl (C=O) groups is 8. The van der Waals surface area contributed by atoms with E-state index in [1.807, 2.05) is 127 Å². The number of nitrogens with one attached hydrogen (secondary N) is 6. The summed E-state index contributed by atoms with van der Waals surface area (Å²) in [4.78, 5) is 108. The molecule has 3 aliphatic heterocycles. The van der Waals surface area contributed by atoms with Gasteiger partial charge in [-0.1, -0.05) is 158 Å². The lowest BCUT2D eigenvalue weighted by Crippen LogP contribution is -2.71. The van der Waals surface area contributed by atoms with E-state index in [1.165, 1.54) is 34.0 Å². The highest BCUT2D eigenvalue weighted by Gasteiger charge is 2.56. The summed E-state index contributed by atoms with van der Waals surface area (Å²) in [5.74, 6) is -5.08. The number of allylic oxidation sites excluding steroid dienone is 1. The average molecular weight is 1360 g/mol. The molecule has 8 N–H and O–H groups in total. The van der Waals surface area contributed by atoms with Crippen LogP contribution in [0.1, 0.15) is 101 Å². The molecule has 0 aromatic heterocycles. The predicted octanol–water partition coefficient (Wildman–Crippen LogP) is 5.65. The standard InChI is InChI=1S/C72H89N7O19/c1-6-38-89-70-60(77-48(5)81)64(62(56(95-70)43-88-39-49-24-12-7-13-25-49)98-71-59(76-47(4)80)63(90-40-50-26-14-8-15-27-50)61-57(96-71)44-92-69(97-61)53-32-20-11-21-33-53)94-46(3)67(85)75-45(2)66(84)79-54(65(73)83)35-36-58(82)78-55(68(86)91-41-51-28-16-9-17-29-51)34-22-23-37-74-72(87)93-42-52-30-18-10-19-31-52/h6-21,24-33,38,45-46,54-57,59-64,69-71H,22-23,34-37,39-44H2,1-5H3,(H2,73,83)(H,74,87)(H,75,85)(H,76,80)(H,77,81)(H,78,82)(H,79,84)/b38-6+/t45-,46+,54+,55-,56+,57+,59+,60+,61+,62+,63+,64+,69+,70-,71-/m0/s1. The van der Waals surface area contributed by atoms with Crippen molar-refractivity contribution in [3.63, 3.8) is 0 Å². The van der Waals surface area contributed by atoms with Crippen LogP contribution in [0.5, 0.6) is 0 Å². The van der Waals surface area contributed by atoms with Crippen LogP contribution in [0.4, 0.5) is 4.79 Å². The Kier molecular flexibility index (Phi) is 29.5. The first-order valence-electron chi connectivity index (χ1n) is 32.8. The number of nitrogens with two attached hydrogens (primary N) is 1. The van der Waals surface area contributed by atoms with Crippen LogP contribution in [0.25, 0.3) is 0 Å². The highest BCUT2D eigenvalue weighted by atomic mass is 16.8. The topological polar surface area (TPSA) is 336 Å². The molecule has 8 rings (SSSR count). The second-order valence-corrected chi connectivity index (χ2v) is 23.9. The Bertz CT molecular complexity index is 3360. The maximum absolute atomic E-state index is 14.5. The number of esters is 1. The maximum atomic E-state index is 14.5. The monoisotopic (exact) mass is 1360 g/mol. The fraction of sp³-hybridized carbons (Fsp3) is 0.444. The summed E-state index contributed by atoms with van der Waals surface area (Å²) in [5, 5.41) is 16.4. The van der Waals surface area contributed by atoms with Gasteiger partial charge in [0.25, 0.3) is 0 Å². The lowest BCUT2D eigenvalue weighted by molar-refractivity contribution is -0.370. The third-order valence-electron chi connectivity index (χ3n) is 16.2. The van der Waals surface area contributed by atoms with Crippen molar-refractivity contribution in [1.29, 1.82) is 0 Å². The summed E-state index contributed by atoms with van der Waals surface area (Å²) in [6.45, 7) is 7.32. The van der Waals surface area contributed by atoms with Crippen LogP contribution in [0.3, 0.4) is 0 Å². The zero-order chi connectivity index (χ0) is 69.8. The summed E-state index contributed by atoms with van der Waals surface area (Å²) < 4.78 is 70.4. The fourth-order valence-corrected chi connectivity index (χ4v) is 11.2. The molecule has 0 spiro atoms. The van der Waals surface area contributed by atoms with Gasteiger partial charge in [-0.05, 0) is 68.7 Å². The summed E-state index contributed by atoms with van der Waals surface area (Å²) in [6.07, 6.45) is -9.00. The predicted molar refractivity (Wildman–Crippen MR) is 353 cm³/mol. The van der Waals surface area contributed by atoms with Crippen molar-refractivity contribution in [2.45, 2.75) is 185 Å².